The molecule has 2 unspecified atom stereocenters. The number of amides is 1. The van der Waals surface area contributed by atoms with Gasteiger partial charge in [-0.3, -0.25) is 14.4 Å². The molecule has 19 heteroatoms. The third-order valence-corrected chi connectivity index (χ3v) is 7.54. The van der Waals surface area contributed by atoms with Gasteiger partial charge in [-0.15, -0.1) is 4.36 Å². The minimum atomic E-state index is -4.97. The fraction of sp³-hybridized carbons (Fsp3) is 0.485. The topological polar surface area (TPSA) is 221 Å². The second kappa shape index (κ2) is 18.0. The highest BCUT2D eigenvalue weighted by Gasteiger charge is 2.51. The minimum absolute atomic E-state index is 0.0386. The van der Waals surface area contributed by atoms with Crippen molar-refractivity contribution in [3.8, 4) is 11.5 Å². The average molecular weight is 757 g/mol. The van der Waals surface area contributed by atoms with E-state index in [1.165, 1.54) is 48.5 Å². The van der Waals surface area contributed by atoms with Crippen LogP contribution in [0.25, 0.3) is 0 Å². The number of nitrogens with zero attached hydrogens (tertiary/aromatic N) is 1. The Morgan fingerprint density at radius 3 is 2.15 bits per heavy atom. The fourth-order valence-corrected chi connectivity index (χ4v) is 5.47. The number of ether oxygens (including phenoxy) is 7. The SMILES string of the molecule is COC(=O)C(Cc1ccc(OS(=O)(F)=Nc2ccccc2O[C@@H]2O[C@H](COC(C)=O)[C@H](OC(C)=O)[C@H](OC(C)=O)[C@H]2O)cc1)NC(=O)OC(C)(C)C. The normalized spacial score (nSPS) is 21.6. The lowest BCUT2D eigenvalue weighted by Gasteiger charge is -2.42. The van der Waals surface area contributed by atoms with E-state index >= 15 is 3.89 Å². The third-order valence-electron chi connectivity index (χ3n) is 6.72. The summed E-state index contributed by atoms with van der Waals surface area (Å²) >= 11 is 0. The van der Waals surface area contributed by atoms with Crippen molar-refractivity contribution in [1.29, 1.82) is 0 Å². The Hall–Kier alpha value is -5.01. The van der Waals surface area contributed by atoms with Crippen LogP contribution in [-0.2, 0) is 64.4 Å². The number of aliphatic hydroxyl groups excluding tert-OH is 1. The summed E-state index contributed by atoms with van der Waals surface area (Å²) in [5, 5.41) is 13.5. The lowest BCUT2D eigenvalue weighted by atomic mass is 9.98. The molecule has 0 radical (unpaired) electrons. The number of carbonyl (C=O) groups is 5. The monoisotopic (exact) mass is 756 g/mol. The summed E-state index contributed by atoms with van der Waals surface area (Å²) in [5.41, 5.74) is -0.675. The van der Waals surface area contributed by atoms with E-state index in [0.29, 0.717) is 5.56 Å². The van der Waals surface area contributed by atoms with Gasteiger partial charge in [0.15, 0.2) is 18.3 Å². The van der Waals surface area contributed by atoms with Crippen molar-refractivity contribution in [2.75, 3.05) is 13.7 Å². The molecule has 17 nitrogen and oxygen atoms in total. The smallest absolute Gasteiger partial charge is 0.408 e. The molecule has 0 aromatic heterocycles. The lowest BCUT2D eigenvalue weighted by Crippen LogP contribution is -2.62. The number of hydrogen-bond donors (Lipinski definition) is 2. The van der Waals surface area contributed by atoms with Gasteiger partial charge < -0.3 is 47.8 Å². The van der Waals surface area contributed by atoms with Gasteiger partial charge in [0.2, 0.25) is 6.29 Å². The zero-order valence-electron chi connectivity index (χ0n) is 29.4. The Labute approximate surface area is 299 Å². The number of aliphatic hydroxyl groups is 1. The third kappa shape index (κ3) is 13.0. The molecule has 286 valence electrons. The van der Waals surface area contributed by atoms with Crippen LogP contribution in [-0.4, -0.2) is 95.4 Å². The van der Waals surface area contributed by atoms with Gasteiger partial charge in [-0.05, 0) is 50.6 Å². The first-order valence-corrected chi connectivity index (χ1v) is 17.0. The Kier molecular flexibility index (Phi) is 14.3. The zero-order valence-corrected chi connectivity index (χ0v) is 30.2. The highest BCUT2D eigenvalue weighted by molar-refractivity contribution is 7.84. The number of rotatable bonds is 13. The van der Waals surface area contributed by atoms with Crippen LogP contribution in [0.1, 0.15) is 47.1 Å². The van der Waals surface area contributed by atoms with Crippen LogP contribution in [0, 0.1) is 0 Å². The molecule has 1 saturated heterocycles. The summed E-state index contributed by atoms with van der Waals surface area (Å²) in [6.07, 6.45) is -8.67. The second-order valence-electron chi connectivity index (χ2n) is 12.2. The average Bonchev–Trinajstić information content (AvgIpc) is 3.02. The summed E-state index contributed by atoms with van der Waals surface area (Å²) in [4.78, 5) is 59.8. The Bertz CT molecular complexity index is 1720. The van der Waals surface area contributed by atoms with Crippen LogP contribution in [0.5, 0.6) is 11.5 Å². The first kappa shape index (κ1) is 41.4. The molecular weight excluding hydrogens is 715 g/mol. The number of para-hydroxylation sites is 1. The molecule has 7 atom stereocenters. The van der Waals surface area contributed by atoms with Crippen molar-refractivity contribution >= 4 is 46.1 Å². The molecule has 3 rings (SSSR count). The molecule has 0 bridgehead atoms. The van der Waals surface area contributed by atoms with Gasteiger partial charge in [-0.1, -0.05) is 28.2 Å². The maximum Gasteiger partial charge on any atom is 0.408 e. The van der Waals surface area contributed by atoms with Crippen LogP contribution in [0.3, 0.4) is 0 Å². The predicted molar refractivity (Wildman–Crippen MR) is 177 cm³/mol. The number of alkyl carbamates (subject to hydrolysis) is 1. The molecular formula is C33H41FN2O15S. The van der Waals surface area contributed by atoms with E-state index < -0.39 is 89.3 Å². The van der Waals surface area contributed by atoms with E-state index in [4.69, 9.17) is 37.3 Å². The van der Waals surface area contributed by atoms with Crippen LogP contribution in [0.4, 0.5) is 14.4 Å². The van der Waals surface area contributed by atoms with Crippen molar-refractivity contribution in [1.82, 2.24) is 5.32 Å². The summed E-state index contributed by atoms with van der Waals surface area (Å²) in [7, 11) is -3.82. The van der Waals surface area contributed by atoms with Crippen LogP contribution in [0.2, 0.25) is 0 Å². The largest absolute Gasteiger partial charge is 0.467 e. The van der Waals surface area contributed by atoms with Gasteiger partial charge in [-0.2, -0.15) is 4.21 Å². The fourth-order valence-electron chi connectivity index (χ4n) is 4.70. The molecule has 1 amide bonds. The van der Waals surface area contributed by atoms with Gasteiger partial charge in [-0.25, -0.2) is 9.59 Å². The van der Waals surface area contributed by atoms with Gasteiger partial charge in [0.1, 0.15) is 41.5 Å². The molecule has 2 aromatic carbocycles. The van der Waals surface area contributed by atoms with Crippen LogP contribution in [0.15, 0.2) is 52.9 Å². The minimum Gasteiger partial charge on any atom is -0.467 e. The highest BCUT2D eigenvalue weighted by Crippen LogP contribution is 2.34. The predicted octanol–water partition coefficient (Wildman–Crippen LogP) is 3.16. The van der Waals surface area contributed by atoms with E-state index in [1.54, 1.807) is 20.8 Å². The number of hydrogen-bond acceptors (Lipinski definition) is 16. The summed E-state index contributed by atoms with van der Waals surface area (Å²) < 4.78 is 73.8. The molecule has 0 spiro atoms. The van der Waals surface area contributed by atoms with Crippen LogP contribution < -0.4 is 14.2 Å². The first-order valence-electron chi connectivity index (χ1n) is 15.7. The number of esters is 4. The van der Waals surface area contributed by atoms with Gasteiger partial charge in [0.05, 0.1) is 7.11 Å². The quantitative estimate of drug-likeness (QED) is 0.170. The molecule has 0 aliphatic carbocycles. The number of methoxy groups -OCH3 is 1. The maximum atomic E-state index is 15.4. The lowest BCUT2D eigenvalue weighted by molar-refractivity contribution is -0.285. The first-order chi connectivity index (χ1) is 24.3. The van der Waals surface area contributed by atoms with Crippen molar-refractivity contribution in [3.63, 3.8) is 0 Å². The molecule has 52 heavy (non-hydrogen) atoms. The summed E-state index contributed by atoms with van der Waals surface area (Å²) in [6.45, 7) is 7.70. The van der Waals surface area contributed by atoms with Gasteiger partial charge in [0.25, 0.3) is 0 Å². The van der Waals surface area contributed by atoms with Crippen LogP contribution >= 0.6 is 0 Å². The standard InChI is InChI=1S/C33H41FN2O15S/c1-18(37)45-17-26-28(46-19(2)38)29(47-20(3)39)27(40)31(49-26)48-25-11-9-8-10-23(25)36-52(34,43)51-22-14-12-21(13-15-22)16-24(30(41)44-7)35-32(42)50-33(4,5)6/h8-15,24,26-29,31,40H,16-17H2,1-7H3,(H,35,42)/t24?,26-,27-,28+,29-,31-,52?/m1/s1. The molecule has 1 aliphatic rings. The number of benzene rings is 2. The van der Waals surface area contributed by atoms with Crippen molar-refractivity contribution in [3.05, 3.63) is 54.1 Å². The maximum absolute atomic E-state index is 15.4. The Morgan fingerprint density at radius 2 is 1.58 bits per heavy atom. The number of carbonyl (C=O) groups excluding carboxylic acids is 5. The van der Waals surface area contributed by atoms with Crippen molar-refractivity contribution in [2.24, 2.45) is 4.36 Å². The molecule has 1 fully saturated rings. The number of nitrogens with one attached hydrogen (secondary N) is 1. The zero-order chi connectivity index (χ0) is 38.8. The molecule has 2 N–H and O–H groups in total. The van der Waals surface area contributed by atoms with Gasteiger partial charge >= 0.3 is 40.4 Å². The summed E-state index contributed by atoms with van der Waals surface area (Å²) in [6, 6.07) is 9.64. The molecule has 1 heterocycles. The van der Waals surface area contributed by atoms with E-state index in [2.05, 4.69) is 9.68 Å². The van der Waals surface area contributed by atoms with E-state index in [1.807, 2.05) is 0 Å². The van der Waals surface area contributed by atoms with E-state index in [0.717, 1.165) is 27.9 Å². The second-order valence-corrected chi connectivity index (χ2v) is 13.4. The summed E-state index contributed by atoms with van der Waals surface area (Å²) in [5.74, 6) is -3.60. The number of halogens is 1. The van der Waals surface area contributed by atoms with Crippen molar-refractivity contribution in [2.45, 2.75) is 90.3 Å². The van der Waals surface area contributed by atoms with E-state index in [-0.39, 0.29) is 23.6 Å². The highest BCUT2D eigenvalue weighted by atomic mass is 32.3. The van der Waals surface area contributed by atoms with E-state index in [9.17, 15) is 33.3 Å². The Morgan fingerprint density at radius 1 is 0.962 bits per heavy atom. The molecule has 0 saturated carbocycles. The Balaban J connectivity index is 1.82. The molecule has 1 aliphatic heterocycles. The molecule has 2 aromatic rings. The van der Waals surface area contributed by atoms with Crippen molar-refractivity contribution < 1.29 is 74.5 Å². The van der Waals surface area contributed by atoms with Gasteiger partial charge in [0, 0.05) is 27.2 Å².